The van der Waals surface area contributed by atoms with Crippen molar-refractivity contribution in [2.45, 2.75) is 27.4 Å². The Morgan fingerprint density at radius 2 is 1.57 bits per heavy atom. The molecule has 3 rings (SSSR count). The third kappa shape index (κ3) is 4.92. The molecule has 156 valence electrons. The number of aryl methyl sites for hydroxylation is 3. The second-order valence-corrected chi connectivity index (χ2v) is 7.22. The molecule has 0 aromatic heterocycles. The van der Waals surface area contributed by atoms with Crippen LogP contribution < -0.4 is 19.5 Å². The summed E-state index contributed by atoms with van der Waals surface area (Å²) in [5, 5.41) is 2.93. The number of hydrogen-bond donors (Lipinski definition) is 1. The monoisotopic (exact) mass is 405 g/mol. The summed E-state index contributed by atoms with van der Waals surface area (Å²) in [6, 6.07) is 16.9. The minimum absolute atomic E-state index is 0.228. The lowest BCUT2D eigenvalue weighted by Gasteiger charge is -2.14. The van der Waals surface area contributed by atoms with E-state index in [1.807, 2.05) is 50.2 Å². The average Bonchev–Trinajstić information content (AvgIpc) is 2.74. The van der Waals surface area contributed by atoms with Gasteiger partial charge in [0, 0.05) is 11.1 Å². The molecule has 1 amide bonds. The van der Waals surface area contributed by atoms with Crippen molar-refractivity contribution in [1.82, 2.24) is 0 Å². The van der Waals surface area contributed by atoms with E-state index in [1.54, 1.807) is 32.4 Å². The van der Waals surface area contributed by atoms with Crippen LogP contribution in [-0.2, 0) is 6.61 Å². The van der Waals surface area contributed by atoms with Crippen LogP contribution in [0.3, 0.4) is 0 Å². The molecular weight excluding hydrogens is 378 g/mol. The van der Waals surface area contributed by atoms with Gasteiger partial charge in [0.1, 0.15) is 23.9 Å². The van der Waals surface area contributed by atoms with Crippen LogP contribution in [0, 0.1) is 20.8 Å². The first-order chi connectivity index (χ1) is 14.4. The summed E-state index contributed by atoms with van der Waals surface area (Å²) in [4.78, 5) is 12.9. The standard InChI is InChI=1S/C25H27NO4/c1-16-6-10-24(29-5)22(12-16)26-25(27)19-8-11-23(28-4)20(14-19)15-30-21-9-7-17(2)18(3)13-21/h6-14H,15H2,1-5H3,(H,26,27). The molecular formula is C25H27NO4. The number of hydrogen-bond acceptors (Lipinski definition) is 4. The van der Waals surface area contributed by atoms with Gasteiger partial charge in [-0.25, -0.2) is 0 Å². The number of rotatable bonds is 7. The maximum atomic E-state index is 12.9. The predicted octanol–water partition coefficient (Wildman–Crippen LogP) is 5.46. The van der Waals surface area contributed by atoms with E-state index in [-0.39, 0.29) is 5.91 Å². The van der Waals surface area contributed by atoms with E-state index in [4.69, 9.17) is 14.2 Å². The molecule has 0 bridgehead atoms. The van der Waals surface area contributed by atoms with Crippen LogP contribution in [0.2, 0.25) is 0 Å². The van der Waals surface area contributed by atoms with Gasteiger partial charge in [0.05, 0.1) is 19.9 Å². The van der Waals surface area contributed by atoms with E-state index >= 15 is 0 Å². The number of carbonyl (C=O) groups excluding carboxylic acids is 1. The molecule has 5 nitrogen and oxygen atoms in total. The van der Waals surface area contributed by atoms with E-state index in [2.05, 4.69) is 12.2 Å². The molecule has 1 N–H and O–H groups in total. The smallest absolute Gasteiger partial charge is 0.255 e. The Morgan fingerprint density at radius 1 is 0.833 bits per heavy atom. The summed E-state index contributed by atoms with van der Waals surface area (Å²) < 4.78 is 16.7. The molecule has 0 atom stereocenters. The van der Waals surface area contributed by atoms with Gasteiger partial charge in [0.15, 0.2) is 0 Å². The highest BCUT2D eigenvalue weighted by Crippen LogP contribution is 2.27. The molecule has 0 saturated carbocycles. The van der Waals surface area contributed by atoms with Crippen LogP contribution in [0.4, 0.5) is 5.69 Å². The topological polar surface area (TPSA) is 56.8 Å². The van der Waals surface area contributed by atoms with Crippen molar-refractivity contribution < 1.29 is 19.0 Å². The molecule has 3 aromatic rings. The fourth-order valence-corrected chi connectivity index (χ4v) is 3.11. The van der Waals surface area contributed by atoms with Crippen LogP contribution in [0.1, 0.15) is 32.6 Å². The van der Waals surface area contributed by atoms with Gasteiger partial charge in [-0.3, -0.25) is 4.79 Å². The van der Waals surface area contributed by atoms with E-state index in [1.165, 1.54) is 11.1 Å². The summed E-state index contributed by atoms with van der Waals surface area (Å²) in [6.45, 7) is 6.37. The molecule has 0 saturated heterocycles. The first kappa shape index (κ1) is 21.2. The largest absolute Gasteiger partial charge is 0.496 e. The number of nitrogens with one attached hydrogen (secondary N) is 1. The summed E-state index contributed by atoms with van der Waals surface area (Å²) in [7, 11) is 3.18. The molecule has 30 heavy (non-hydrogen) atoms. The zero-order chi connectivity index (χ0) is 21.7. The number of methoxy groups -OCH3 is 2. The van der Waals surface area contributed by atoms with Gasteiger partial charge >= 0.3 is 0 Å². The maximum Gasteiger partial charge on any atom is 0.255 e. The van der Waals surface area contributed by atoms with Crippen molar-refractivity contribution in [3.63, 3.8) is 0 Å². The van der Waals surface area contributed by atoms with Gasteiger partial charge in [-0.2, -0.15) is 0 Å². The Morgan fingerprint density at radius 3 is 2.27 bits per heavy atom. The zero-order valence-electron chi connectivity index (χ0n) is 18.0. The lowest BCUT2D eigenvalue weighted by molar-refractivity contribution is 0.102. The maximum absolute atomic E-state index is 12.9. The van der Waals surface area contributed by atoms with Crippen molar-refractivity contribution in [2.24, 2.45) is 0 Å². The molecule has 0 aliphatic heterocycles. The first-order valence-corrected chi connectivity index (χ1v) is 9.74. The van der Waals surface area contributed by atoms with Gasteiger partial charge in [0.25, 0.3) is 5.91 Å². The van der Waals surface area contributed by atoms with Gasteiger partial charge in [-0.05, 0) is 79.9 Å². The van der Waals surface area contributed by atoms with Gasteiger partial charge in [-0.1, -0.05) is 12.1 Å². The molecule has 3 aromatic carbocycles. The Bertz CT molecular complexity index is 1060. The highest BCUT2D eigenvalue weighted by molar-refractivity contribution is 6.05. The molecule has 5 heteroatoms. The van der Waals surface area contributed by atoms with E-state index in [0.717, 1.165) is 16.9 Å². The fraction of sp³-hybridized carbons (Fsp3) is 0.240. The fourth-order valence-electron chi connectivity index (χ4n) is 3.11. The number of anilines is 1. The molecule has 0 unspecified atom stereocenters. The molecule has 0 spiro atoms. The summed E-state index contributed by atoms with van der Waals surface area (Å²) >= 11 is 0. The molecule has 0 fully saturated rings. The van der Waals surface area contributed by atoms with Gasteiger partial charge in [0.2, 0.25) is 0 Å². The van der Waals surface area contributed by atoms with E-state index in [0.29, 0.717) is 29.4 Å². The van der Waals surface area contributed by atoms with Gasteiger partial charge in [-0.15, -0.1) is 0 Å². The van der Waals surface area contributed by atoms with Crippen LogP contribution in [0.15, 0.2) is 54.6 Å². The summed E-state index contributed by atoms with van der Waals surface area (Å²) in [6.07, 6.45) is 0. The van der Waals surface area contributed by atoms with Crippen LogP contribution in [0.5, 0.6) is 17.2 Å². The summed E-state index contributed by atoms with van der Waals surface area (Å²) in [5.74, 6) is 1.83. The third-order valence-corrected chi connectivity index (χ3v) is 5.02. The molecule has 0 radical (unpaired) electrons. The van der Waals surface area contributed by atoms with E-state index < -0.39 is 0 Å². The van der Waals surface area contributed by atoms with Crippen molar-refractivity contribution in [3.8, 4) is 17.2 Å². The number of carbonyl (C=O) groups is 1. The van der Waals surface area contributed by atoms with Crippen molar-refractivity contribution >= 4 is 11.6 Å². The van der Waals surface area contributed by atoms with Crippen molar-refractivity contribution in [2.75, 3.05) is 19.5 Å². The summed E-state index contributed by atoms with van der Waals surface area (Å²) in [5.41, 5.74) is 5.34. The molecule has 0 aliphatic carbocycles. The Balaban J connectivity index is 1.80. The quantitative estimate of drug-likeness (QED) is 0.567. The van der Waals surface area contributed by atoms with E-state index in [9.17, 15) is 4.79 Å². The second kappa shape index (κ2) is 9.35. The predicted molar refractivity (Wildman–Crippen MR) is 119 cm³/mol. The van der Waals surface area contributed by atoms with Crippen LogP contribution in [-0.4, -0.2) is 20.1 Å². The Hall–Kier alpha value is -3.47. The molecule has 0 aliphatic rings. The lowest BCUT2D eigenvalue weighted by atomic mass is 10.1. The molecule has 0 heterocycles. The minimum Gasteiger partial charge on any atom is -0.496 e. The minimum atomic E-state index is -0.228. The number of amides is 1. The van der Waals surface area contributed by atoms with Crippen molar-refractivity contribution in [1.29, 1.82) is 0 Å². The second-order valence-electron chi connectivity index (χ2n) is 7.22. The zero-order valence-corrected chi connectivity index (χ0v) is 18.0. The Labute approximate surface area is 177 Å². The lowest BCUT2D eigenvalue weighted by Crippen LogP contribution is -2.13. The number of benzene rings is 3. The normalized spacial score (nSPS) is 10.4. The Kier molecular flexibility index (Phi) is 6.62. The van der Waals surface area contributed by atoms with Gasteiger partial charge < -0.3 is 19.5 Å². The first-order valence-electron chi connectivity index (χ1n) is 9.74. The third-order valence-electron chi connectivity index (χ3n) is 5.02. The SMILES string of the molecule is COc1ccc(C(=O)Nc2cc(C)ccc2OC)cc1COc1ccc(C)c(C)c1. The van der Waals surface area contributed by atoms with Crippen LogP contribution >= 0.6 is 0 Å². The highest BCUT2D eigenvalue weighted by atomic mass is 16.5. The van der Waals surface area contributed by atoms with Crippen LogP contribution in [0.25, 0.3) is 0 Å². The van der Waals surface area contributed by atoms with Crippen molar-refractivity contribution in [3.05, 3.63) is 82.4 Å². The highest BCUT2D eigenvalue weighted by Gasteiger charge is 2.13. The number of ether oxygens (including phenoxy) is 3. The average molecular weight is 405 g/mol.